The molecule has 2 fully saturated rings. The number of nitrogens with one attached hydrogen (secondary N) is 1. The summed E-state index contributed by atoms with van der Waals surface area (Å²) in [6.07, 6.45) is 3.78. The van der Waals surface area contributed by atoms with Gasteiger partial charge in [-0.2, -0.15) is 0 Å². The van der Waals surface area contributed by atoms with E-state index in [0.717, 1.165) is 67.6 Å². The van der Waals surface area contributed by atoms with Gasteiger partial charge in [-0.1, -0.05) is 19.9 Å². The summed E-state index contributed by atoms with van der Waals surface area (Å²) in [5.41, 5.74) is 4.00. The van der Waals surface area contributed by atoms with Crippen LogP contribution in [-0.4, -0.2) is 50.4 Å². The number of aromatic nitrogens is 1. The molecule has 1 saturated carbocycles. The Hall–Kier alpha value is -2.64. The molecule has 1 saturated heterocycles. The Morgan fingerprint density at radius 2 is 1.97 bits per heavy atom. The number of anilines is 4. The summed E-state index contributed by atoms with van der Waals surface area (Å²) in [6.45, 7) is 8.08. The topological polar surface area (TPSA) is 66.9 Å². The Morgan fingerprint density at radius 1 is 1.15 bits per heavy atom. The first-order chi connectivity index (χ1) is 16.0. The van der Waals surface area contributed by atoms with Gasteiger partial charge < -0.3 is 24.6 Å². The molecule has 33 heavy (non-hydrogen) atoms. The molecule has 176 valence electrons. The predicted molar refractivity (Wildman–Crippen MR) is 130 cm³/mol. The molecule has 4 atom stereocenters. The second kappa shape index (κ2) is 9.31. The summed E-state index contributed by atoms with van der Waals surface area (Å²) in [7, 11) is 1.78. The van der Waals surface area contributed by atoms with E-state index in [-0.39, 0.29) is 23.8 Å². The van der Waals surface area contributed by atoms with E-state index in [1.54, 1.807) is 13.3 Å². The molecule has 1 aliphatic carbocycles. The van der Waals surface area contributed by atoms with Crippen molar-refractivity contribution in [1.29, 1.82) is 0 Å². The monoisotopic (exact) mass is 450 g/mol. The first-order valence-corrected chi connectivity index (χ1v) is 12.1. The summed E-state index contributed by atoms with van der Waals surface area (Å²) in [5, 5.41) is 3.49. The molecule has 1 aromatic carbocycles. The van der Waals surface area contributed by atoms with Gasteiger partial charge in [0.25, 0.3) is 0 Å². The number of fused-ring (bicyclic) bond motifs is 2. The molecule has 0 radical (unpaired) electrons. The van der Waals surface area contributed by atoms with Crippen molar-refractivity contribution in [1.82, 2.24) is 4.98 Å². The Morgan fingerprint density at radius 3 is 2.76 bits per heavy atom. The fourth-order valence-corrected chi connectivity index (χ4v) is 5.55. The van der Waals surface area contributed by atoms with Gasteiger partial charge in [-0.3, -0.25) is 4.79 Å². The first kappa shape index (κ1) is 22.2. The van der Waals surface area contributed by atoms with Gasteiger partial charge in [-0.25, -0.2) is 4.98 Å². The average molecular weight is 451 g/mol. The summed E-state index contributed by atoms with van der Waals surface area (Å²) in [6, 6.07) is 10.4. The molecule has 0 bridgehead atoms. The Kier molecular flexibility index (Phi) is 6.25. The van der Waals surface area contributed by atoms with Crippen molar-refractivity contribution in [2.24, 2.45) is 17.8 Å². The van der Waals surface area contributed by atoms with E-state index in [2.05, 4.69) is 53.3 Å². The van der Waals surface area contributed by atoms with Crippen LogP contribution >= 0.6 is 0 Å². The van der Waals surface area contributed by atoms with Crippen molar-refractivity contribution in [3.63, 3.8) is 0 Å². The van der Waals surface area contributed by atoms with Crippen molar-refractivity contribution in [3.8, 4) is 0 Å². The number of carbonyl (C=O) groups is 1. The quantitative estimate of drug-likeness (QED) is 0.756. The maximum Gasteiger partial charge on any atom is 0.230 e. The Bertz CT molecular complexity index is 1010. The molecule has 0 unspecified atom stereocenters. The van der Waals surface area contributed by atoms with Crippen molar-refractivity contribution in [3.05, 3.63) is 42.1 Å². The second-order valence-corrected chi connectivity index (χ2v) is 9.67. The molecule has 7 nitrogen and oxygen atoms in total. The maximum absolute atomic E-state index is 14.1. The van der Waals surface area contributed by atoms with Crippen molar-refractivity contribution in [2.45, 2.75) is 39.3 Å². The third-order valence-electron chi connectivity index (χ3n) is 7.56. The molecule has 3 heterocycles. The lowest BCUT2D eigenvalue weighted by atomic mass is 9.73. The zero-order valence-electron chi connectivity index (χ0n) is 19.8. The van der Waals surface area contributed by atoms with Gasteiger partial charge in [0.05, 0.1) is 37.2 Å². The van der Waals surface area contributed by atoms with E-state index < -0.39 is 0 Å². The molecule has 2 aromatic rings. The summed E-state index contributed by atoms with van der Waals surface area (Å²) < 4.78 is 11.2. The summed E-state index contributed by atoms with van der Waals surface area (Å²) in [4.78, 5) is 23.0. The van der Waals surface area contributed by atoms with Crippen LogP contribution < -0.4 is 15.1 Å². The minimum atomic E-state index is -0.0236. The van der Waals surface area contributed by atoms with E-state index in [1.807, 2.05) is 11.0 Å². The van der Waals surface area contributed by atoms with Crippen LogP contribution in [0.5, 0.6) is 0 Å². The Balaban J connectivity index is 1.52. The van der Waals surface area contributed by atoms with Crippen LogP contribution in [0.4, 0.5) is 22.9 Å². The highest BCUT2D eigenvalue weighted by Crippen LogP contribution is 2.42. The molecule has 3 aliphatic rings. The number of morpholine rings is 1. The number of hydrogen-bond acceptors (Lipinski definition) is 6. The van der Waals surface area contributed by atoms with E-state index >= 15 is 0 Å². The molecule has 2 aliphatic heterocycles. The molecule has 7 heteroatoms. The highest BCUT2D eigenvalue weighted by Gasteiger charge is 2.40. The van der Waals surface area contributed by atoms with Gasteiger partial charge in [0.2, 0.25) is 5.91 Å². The fraction of sp³-hybridized carbons (Fsp3) is 0.538. The van der Waals surface area contributed by atoms with Crippen molar-refractivity contribution < 1.29 is 14.3 Å². The number of nitrogens with zero attached hydrogens (tertiary/aromatic N) is 3. The second-order valence-electron chi connectivity index (χ2n) is 9.67. The van der Waals surface area contributed by atoms with Crippen LogP contribution in [0.3, 0.4) is 0 Å². The van der Waals surface area contributed by atoms with E-state index in [9.17, 15) is 4.79 Å². The molecule has 1 aromatic heterocycles. The van der Waals surface area contributed by atoms with Gasteiger partial charge in [0, 0.05) is 43.6 Å². The van der Waals surface area contributed by atoms with Crippen LogP contribution in [0.25, 0.3) is 0 Å². The third-order valence-corrected chi connectivity index (χ3v) is 7.56. The van der Waals surface area contributed by atoms with Crippen LogP contribution in [-0.2, 0) is 20.8 Å². The largest absolute Gasteiger partial charge is 0.381 e. The van der Waals surface area contributed by atoms with E-state index in [4.69, 9.17) is 9.47 Å². The molecular weight excluding hydrogens is 416 g/mol. The van der Waals surface area contributed by atoms with Crippen molar-refractivity contribution in [2.75, 3.05) is 48.5 Å². The molecule has 0 spiro atoms. The van der Waals surface area contributed by atoms with Crippen LogP contribution in [0.1, 0.15) is 32.3 Å². The van der Waals surface area contributed by atoms with Crippen LogP contribution in [0, 0.1) is 17.8 Å². The molecule has 5 rings (SSSR count). The number of methoxy groups -OCH3 is 1. The zero-order valence-corrected chi connectivity index (χ0v) is 19.8. The van der Waals surface area contributed by atoms with Crippen LogP contribution in [0.2, 0.25) is 0 Å². The average Bonchev–Trinajstić information content (AvgIpc) is 3.01. The van der Waals surface area contributed by atoms with Gasteiger partial charge in [-0.15, -0.1) is 0 Å². The molecule has 1 amide bonds. The predicted octanol–water partition coefficient (Wildman–Crippen LogP) is 4.21. The summed E-state index contributed by atoms with van der Waals surface area (Å²) in [5.74, 6) is 1.62. The lowest BCUT2D eigenvalue weighted by molar-refractivity contribution is -0.127. The maximum atomic E-state index is 14.1. The summed E-state index contributed by atoms with van der Waals surface area (Å²) >= 11 is 0. The van der Waals surface area contributed by atoms with Gasteiger partial charge in [-0.05, 0) is 48.9 Å². The molecular formula is C26H34N4O3. The first-order valence-electron chi connectivity index (χ1n) is 12.1. The van der Waals surface area contributed by atoms with Crippen LogP contribution in [0.15, 0.2) is 36.5 Å². The highest BCUT2D eigenvalue weighted by atomic mass is 16.5. The number of pyridine rings is 1. The van der Waals surface area contributed by atoms with E-state index in [0.29, 0.717) is 12.5 Å². The fourth-order valence-electron chi connectivity index (χ4n) is 5.55. The third kappa shape index (κ3) is 4.32. The minimum absolute atomic E-state index is 0.0236. The number of rotatable bonds is 3. The van der Waals surface area contributed by atoms with Crippen molar-refractivity contribution >= 4 is 28.8 Å². The van der Waals surface area contributed by atoms with Gasteiger partial charge in [0.15, 0.2) is 0 Å². The SMILES string of the molecule is CO[C@@H]1C[C@H](C)[C@H](C(=O)N2Cc3cccnc3Nc3ccc(N4CCOCC4)cc32)C[C@@H]1C. The minimum Gasteiger partial charge on any atom is -0.381 e. The highest BCUT2D eigenvalue weighted by molar-refractivity contribution is 6.00. The normalized spacial score (nSPS) is 27.2. The number of hydrogen-bond donors (Lipinski definition) is 1. The van der Waals surface area contributed by atoms with Gasteiger partial charge in [0.1, 0.15) is 5.82 Å². The number of ether oxygens (including phenoxy) is 2. The lowest BCUT2D eigenvalue weighted by Gasteiger charge is -2.39. The standard InChI is InChI=1S/C26H34N4O3/c1-17-14-24(32-3)18(2)13-21(17)26(31)30-16-19-5-4-8-27-25(19)28-22-7-6-20(15-23(22)30)29-9-11-33-12-10-29/h4-8,15,17-18,21,24H,9-14,16H2,1-3H3,(H,27,28)/t17-,18-,21+,24+/m0/s1. The van der Waals surface area contributed by atoms with E-state index in [1.165, 1.54) is 0 Å². The zero-order chi connectivity index (χ0) is 22.9. The number of carbonyl (C=O) groups excluding carboxylic acids is 1. The number of amides is 1. The smallest absolute Gasteiger partial charge is 0.230 e. The molecule has 1 N–H and O–H groups in total. The lowest BCUT2D eigenvalue weighted by Crippen LogP contribution is -2.44. The Labute approximate surface area is 196 Å². The number of benzene rings is 1. The van der Waals surface area contributed by atoms with Gasteiger partial charge >= 0.3 is 0 Å².